The maximum absolute atomic E-state index is 13.2. The van der Waals surface area contributed by atoms with Gasteiger partial charge in [-0.05, 0) is 40.8 Å². The number of hydrogen-bond acceptors (Lipinski definition) is 7. The highest BCUT2D eigenvalue weighted by atomic mass is 32.2. The SMILES string of the molecule is O=C(CSc1nnnn1-c1ccccc1)Nc1cc(C(F)(F)F)ccc1N1CCOCC1. The third kappa shape index (κ3) is 5.19. The zero-order valence-electron chi connectivity index (χ0n) is 16.7. The molecule has 32 heavy (non-hydrogen) atoms. The average Bonchev–Trinajstić information content (AvgIpc) is 3.27. The van der Waals surface area contributed by atoms with Gasteiger partial charge in [-0.15, -0.1) is 5.10 Å². The number of benzene rings is 2. The molecule has 1 aliphatic heterocycles. The van der Waals surface area contributed by atoms with E-state index in [-0.39, 0.29) is 11.4 Å². The molecular formula is C20H19F3N6O2S. The number of thioether (sulfide) groups is 1. The minimum Gasteiger partial charge on any atom is -0.378 e. The average molecular weight is 464 g/mol. The molecule has 0 bridgehead atoms. The van der Waals surface area contributed by atoms with Crippen molar-refractivity contribution in [2.75, 3.05) is 42.3 Å². The van der Waals surface area contributed by atoms with Gasteiger partial charge in [0.15, 0.2) is 0 Å². The van der Waals surface area contributed by atoms with Crippen LogP contribution in [0.4, 0.5) is 24.5 Å². The lowest BCUT2D eigenvalue weighted by atomic mass is 10.1. The molecule has 1 aromatic heterocycles. The van der Waals surface area contributed by atoms with Crippen molar-refractivity contribution in [3.05, 3.63) is 54.1 Å². The van der Waals surface area contributed by atoms with E-state index in [1.807, 2.05) is 35.2 Å². The van der Waals surface area contributed by atoms with E-state index >= 15 is 0 Å². The number of hydrogen-bond donors (Lipinski definition) is 1. The normalized spacial score (nSPS) is 14.4. The van der Waals surface area contributed by atoms with Crippen LogP contribution < -0.4 is 10.2 Å². The smallest absolute Gasteiger partial charge is 0.378 e. The number of carbonyl (C=O) groups is 1. The summed E-state index contributed by atoms with van der Waals surface area (Å²) < 4.78 is 46.5. The van der Waals surface area contributed by atoms with Crippen LogP contribution in [0.25, 0.3) is 5.69 Å². The minimum absolute atomic E-state index is 0.0774. The number of amides is 1. The summed E-state index contributed by atoms with van der Waals surface area (Å²) in [6, 6.07) is 12.5. The van der Waals surface area contributed by atoms with Crippen molar-refractivity contribution in [2.45, 2.75) is 11.3 Å². The van der Waals surface area contributed by atoms with E-state index in [2.05, 4.69) is 20.8 Å². The van der Waals surface area contributed by atoms with Crippen LogP contribution >= 0.6 is 11.8 Å². The van der Waals surface area contributed by atoms with Gasteiger partial charge in [0.25, 0.3) is 0 Å². The third-order valence-corrected chi connectivity index (χ3v) is 5.64. The van der Waals surface area contributed by atoms with Gasteiger partial charge >= 0.3 is 6.18 Å². The minimum atomic E-state index is -4.52. The second-order valence-electron chi connectivity index (χ2n) is 6.87. The second kappa shape index (κ2) is 9.57. The standard InChI is InChI=1S/C20H19F3N6O2S/c21-20(22,23)14-6-7-17(28-8-10-31-11-9-28)16(12-14)24-18(30)13-32-19-25-26-27-29(19)15-4-2-1-3-5-15/h1-7,12H,8-11,13H2,(H,24,30). The number of anilines is 2. The van der Waals surface area contributed by atoms with Crippen LogP contribution in [-0.4, -0.2) is 58.2 Å². The van der Waals surface area contributed by atoms with Crippen LogP contribution in [0.1, 0.15) is 5.56 Å². The Morgan fingerprint density at radius 1 is 1.12 bits per heavy atom. The molecule has 1 aliphatic rings. The molecule has 1 N–H and O–H groups in total. The molecule has 4 rings (SSSR count). The molecule has 0 aliphatic carbocycles. The zero-order chi connectivity index (χ0) is 22.6. The van der Waals surface area contributed by atoms with Crippen molar-refractivity contribution in [2.24, 2.45) is 0 Å². The summed E-state index contributed by atoms with van der Waals surface area (Å²) in [4.78, 5) is 14.5. The first-order chi connectivity index (χ1) is 15.4. The molecule has 3 aromatic rings. The summed E-state index contributed by atoms with van der Waals surface area (Å²) in [5, 5.41) is 14.5. The van der Waals surface area contributed by atoms with Gasteiger partial charge in [-0.25, -0.2) is 0 Å². The number of para-hydroxylation sites is 1. The first-order valence-electron chi connectivity index (χ1n) is 9.72. The summed E-state index contributed by atoms with van der Waals surface area (Å²) in [6.07, 6.45) is -4.52. The molecule has 0 unspecified atom stereocenters. The lowest BCUT2D eigenvalue weighted by Crippen LogP contribution is -2.37. The first kappa shape index (κ1) is 22.1. The molecular weight excluding hydrogens is 445 g/mol. The van der Waals surface area contributed by atoms with E-state index in [1.165, 1.54) is 10.7 Å². The number of aromatic nitrogens is 4. The molecule has 2 heterocycles. The monoisotopic (exact) mass is 464 g/mol. The number of alkyl halides is 3. The zero-order valence-corrected chi connectivity index (χ0v) is 17.6. The fourth-order valence-corrected chi connectivity index (χ4v) is 3.90. The Balaban J connectivity index is 1.49. The van der Waals surface area contributed by atoms with E-state index in [4.69, 9.17) is 4.74 Å². The lowest BCUT2D eigenvalue weighted by Gasteiger charge is -2.31. The Hall–Kier alpha value is -3.12. The van der Waals surface area contributed by atoms with Crippen molar-refractivity contribution in [1.29, 1.82) is 0 Å². The third-order valence-electron chi connectivity index (χ3n) is 4.72. The van der Waals surface area contributed by atoms with Crippen molar-refractivity contribution in [3.63, 3.8) is 0 Å². The molecule has 0 spiro atoms. The number of carbonyl (C=O) groups excluding carboxylic acids is 1. The van der Waals surface area contributed by atoms with Crippen molar-refractivity contribution >= 4 is 29.0 Å². The first-order valence-corrected chi connectivity index (χ1v) is 10.7. The van der Waals surface area contributed by atoms with E-state index < -0.39 is 17.6 Å². The molecule has 0 radical (unpaired) electrons. The highest BCUT2D eigenvalue weighted by Gasteiger charge is 2.32. The highest BCUT2D eigenvalue weighted by Crippen LogP contribution is 2.36. The van der Waals surface area contributed by atoms with Gasteiger partial charge in [-0.2, -0.15) is 17.9 Å². The summed E-state index contributed by atoms with van der Waals surface area (Å²) >= 11 is 1.09. The number of nitrogens with one attached hydrogen (secondary N) is 1. The fraction of sp³-hybridized carbons (Fsp3) is 0.300. The Morgan fingerprint density at radius 2 is 1.88 bits per heavy atom. The number of halogens is 3. The van der Waals surface area contributed by atoms with E-state index in [9.17, 15) is 18.0 Å². The van der Waals surface area contributed by atoms with Crippen LogP contribution in [0.15, 0.2) is 53.7 Å². The van der Waals surface area contributed by atoms with Gasteiger partial charge in [0, 0.05) is 13.1 Å². The van der Waals surface area contributed by atoms with E-state index in [0.29, 0.717) is 37.1 Å². The molecule has 1 fully saturated rings. The number of tetrazole rings is 1. The molecule has 12 heteroatoms. The van der Waals surface area contributed by atoms with Crippen molar-refractivity contribution in [1.82, 2.24) is 20.2 Å². The van der Waals surface area contributed by atoms with E-state index in [0.717, 1.165) is 29.6 Å². The molecule has 1 amide bonds. The van der Waals surface area contributed by atoms with Crippen LogP contribution in [0, 0.1) is 0 Å². The second-order valence-corrected chi connectivity index (χ2v) is 7.82. The predicted molar refractivity (Wildman–Crippen MR) is 113 cm³/mol. The Morgan fingerprint density at radius 3 is 2.59 bits per heavy atom. The molecule has 2 aromatic carbocycles. The van der Waals surface area contributed by atoms with Gasteiger partial charge in [-0.3, -0.25) is 4.79 Å². The van der Waals surface area contributed by atoms with Crippen LogP contribution in [0.2, 0.25) is 0 Å². The quantitative estimate of drug-likeness (QED) is 0.561. The summed E-state index contributed by atoms with van der Waals surface area (Å²) in [7, 11) is 0. The molecule has 0 saturated carbocycles. The number of morpholine rings is 1. The lowest BCUT2D eigenvalue weighted by molar-refractivity contribution is -0.137. The van der Waals surface area contributed by atoms with Gasteiger partial charge in [-0.1, -0.05) is 30.0 Å². The molecule has 1 saturated heterocycles. The van der Waals surface area contributed by atoms with Gasteiger partial charge in [0.1, 0.15) is 0 Å². The maximum Gasteiger partial charge on any atom is 0.416 e. The van der Waals surface area contributed by atoms with Crippen LogP contribution in [0.3, 0.4) is 0 Å². The van der Waals surface area contributed by atoms with Gasteiger partial charge in [0.05, 0.1) is 41.6 Å². The van der Waals surface area contributed by atoms with Gasteiger partial charge < -0.3 is 15.0 Å². The summed E-state index contributed by atoms with van der Waals surface area (Å²) in [6.45, 7) is 1.97. The van der Waals surface area contributed by atoms with Crippen LogP contribution in [-0.2, 0) is 15.7 Å². The van der Waals surface area contributed by atoms with E-state index in [1.54, 1.807) is 0 Å². The molecule has 8 nitrogen and oxygen atoms in total. The fourth-order valence-electron chi connectivity index (χ4n) is 3.21. The molecule has 0 atom stereocenters. The Bertz CT molecular complexity index is 1070. The number of ether oxygens (including phenoxy) is 1. The Labute approximate surface area is 185 Å². The maximum atomic E-state index is 13.2. The topological polar surface area (TPSA) is 85.2 Å². The number of nitrogens with zero attached hydrogens (tertiary/aromatic N) is 5. The predicted octanol–water partition coefficient (Wildman–Crippen LogP) is 3.25. The summed E-state index contributed by atoms with van der Waals surface area (Å²) in [5.41, 5.74) is 0.530. The van der Waals surface area contributed by atoms with Crippen molar-refractivity contribution < 1.29 is 22.7 Å². The highest BCUT2D eigenvalue weighted by molar-refractivity contribution is 7.99. The van der Waals surface area contributed by atoms with Gasteiger partial charge in [0.2, 0.25) is 11.1 Å². The molecule has 168 valence electrons. The summed E-state index contributed by atoms with van der Waals surface area (Å²) in [5.74, 6) is -0.544. The number of rotatable bonds is 6. The Kier molecular flexibility index (Phi) is 6.61. The van der Waals surface area contributed by atoms with Crippen LogP contribution in [0.5, 0.6) is 0 Å². The largest absolute Gasteiger partial charge is 0.416 e. The van der Waals surface area contributed by atoms with Crippen molar-refractivity contribution in [3.8, 4) is 5.69 Å².